The molecule has 0 saturated heterocycles. The first-order chi connectivity index (χ1) is 8.76. The molecule has 0 radical (unpaired) electrons. The molecule has 1 N–H and O–H groups in total. The van der Waals surface area contributed by atoms with Crippen molar-refractivity contribution in [2.24, 2.45) is 5.92 Å². The smallest absolute Gasteiger partial charge is 0.0701 e. The maximum Gasteiger partial charge on any atom is 0.0701 e. The second kappa shape index (κ2) is 13.3. The molecule has 0 heterocycles. The van der Waals surface area contributed by atoms with Crippen LogP contribution in [0.2, 0.25) is 0 Å². The van der Waals surface area contributed by atoms with Gasteiger partial charge >= 0.3 is 0 Å². The molecule has 0 rings (SSSR count). The Kier molecular flexibility index (Phi) is 13.2. The summed E-state index contributed by atoms with van der Waals surface area (Å²) in [5.41, 5.74) is 0. The third kappa shape index (κ3) is 9.83. The molecule has 0 aliphatic rings. The number of methoxy groups -OCH3 is 1. The van der Waals surface area contributed by atoms with E-state index in [-0.39, 0.29) is 0 Å². The van der Waals surface area contributed by atoms with Crippen molar-refractivity contribution in [3.63, 3.8) is 0 Å². The Morgan fingerprint density at radius 2 is 1.44 bits per heavy atom. The van der Waals surface area contributed by atoms with Crippen molar-refractivity contribution in [3.8, 4) is 0 Å². The van der Waals surface area contributed by atoms with E-state index in [2.05, 4.69) is 26.1 Å². The Labute approximate surface area is 112 Å². The topological polar surface area (TPSA) is 39.7 Å². The number of ether oxygens (including phenoxy) is 3. The van der Waals surface area contributed by atoms with E-state index in [1.807, 2.05) is 0 Å². The average Bonchev–Trinajstić information content (AvgIpc) is 2.38. The molecule has 0 aromatic rings. The van der Waals surface area contributed by atoms with Crippen LogP contribution in [-0.2, 0) is 14.2 Å². The van der Waals surface area contributed by atoms with E-state index in [9.17, 15) is 0 Å². The monoisotopic (exact) mass is 261 g/mol. The number of nitrogens with one attached hydrogen (secondary N) is 1. The molecular weight excluding hydrogens is 230 g/mol. The minimum Gasteiger partial charge on any atom is -0.382 e. The summed E-state index contributed by atoms with van der Waals surface area (Å²) in [5, 5.41) is 3.51. The van der Waals surface area contributed by atoms with Crippen LogP contribution in [0.4, 0.5) is 0 Å². The van der Waals surface area contributed by atoms with Crippen molar-refractivity contribution < 1.29 is 14.2 Å². The second-order valence-corrected chi connectivity index (χ2v) is 4.54. The zero-order valence-corrected chi connectivity index (χ0v) is 12.5. The van der Waals surface area contributed by atoms with Crippen molar-refractivity contribution in [2.75, 3.05) is 46.7 Å². The Morgan fingerprint density at radius 3 is 2.00 bits per heavy atom. The first-order valence-electron chi connectivity index (χ1n) is 7.14. The lowest BCUT2D eigenvalue weighted by molar-refractivity contribution is 0.0250. The van der Waals surface area contributed by atoms with Gasteiger partial charge in [0.2, 0.25) is 0 Å². The zero-order chi connectivity index (χ0) is 13.6. The van der Waals surface area contributed by atoms with Gasteiger partial charge in [-0.25, -0.2) is 0 Å². The molecular formula is C14H31NO3. The fraction of sp³-hybridized carbons (Fsp3) is 1.00. The highest BCUT2D eigenvalue weighted by Gasteiger charge is 2.11. The van der Waals surface area contributed by atoms with Gasteiger partial charge in [-0.05, 0) is 12.8 Å². The van der Waals surface area contributed by atoms with E-state index in [4.69, 9.17) is 14.2 Å². The summed E-state index contributed by atoms with van der Waals surface area (Å²) < 4.78 is 15.7. The molecule has 0 spiro atoms. The normalized spacial score (nSPS) is 13.2. The fourth-order valence-electron chi connectivity index (χ4n) is 1.99. The van der Waals surface area contributed by atoms with Gasteiger partial charge in [-0.2, -0.15) is 0 Å². The average molecular weight is 261 g/mol. The van der Waals surface area contributed by atoms with Gasteiger partial charge in [0.25, 0.3) is 0 Å². The van der Waals surface area contributed by atoms with Gasteiger partial charge in [-0.3, -0.25) is 0 Å². The highest BCUT2D eigenvalue weighted by Crippen LogP contribution is 2.11. The Hall–Kier alpha value is -0.160. The summed E-state index contributed by atoms with van der Waals surface area (Å²) in [5.74, 6) is 0.766. The molecule has 4 heteroatoms. The second-order valence-electron chi connectivity index (χ2n) is 4.54. The molecule has 0 bridgehead atoms. The molecule has 110 valence electrons. The molecule has 0 aromatic carbocycles. The minimum atomic E-state index is 0.571. The van der Waals surface area contributed by atoms with Gasteiger partial charge in [-0.1, -0.05) is 26.7 Å². The van der Waals surface area contributed by atoms with Gasteiger partial charge in [0.15, 0.2) is 0 Å². The van der Waals surface area contributed by atoms with E-state index in [0.717, 1.165) is 19.1 Å². The third-order valence-electron chi connectivity index (χ3n) is 3.27. The SMILES string of the molecule is CCC(CC)C(C)NCCOCCOCCOC. The first-order valence-corrected chi connectivity index (χ1v) is 7.14. The molecule has 0 fully saturated rings. The molecule has 4 nitrogen and oxygen atoms in total. The van der Waals surface area contributed by atoms with Crippen molar-refractivity contribution in [3.05, 3.63) is 0 Å². The fourth-order valence-corrected chi connectivity index (χ4v) is 1.99. The summed E-state index contributed by atoms with van der Waals surface area (Å²) in [4.78, 5) is 0. The van der Waals surface area contributed by atoms with E-state index >= 15 is 0 Å². The van der Waals surface area contributed by atoms with Crippen LogP contribution < -0.4 is 5.32 Å². The maximum atomic E-state index is 5.48. The first kappa shape index (κ1) is 17.8. The molecule has 1 atom stereocenters. The van der Waals surface area contributed by atoms with Crippen LogP contribution in [0.5, 0.6) is 0 Å². The van der Waals surface area contributed by atoms with Crippen LogP contribution in [-0.4, -0.2) is 52.7 Å². The predicted molar refractivity (Wildman–Crippen MR) is 75.1 cm³/mol. The van der Waals surface area contributed by atoms with Crippen LogP contribution in [0.15, 0.2) is 0 Å². The van der Waals surface area contributed by atoms with Crippen molar-refractivity contribution in [1.29, 1.82) is 0 Å². The Morgan fingerprint density at radius 1 is 0.889 bits per heavy atom. The highest BCUT2D eigenvalue weighted by atomic mass is 16.5. The largest absolute Gasteiger partial charge is 0.382 e. The summed E-state index contributed by atoms with van der Waals surface area (Å²) in [6.45, 7) is 11.0. The Bertz CT molecular complexity index is 163. The van der Waals surface area contributed by atoms with Gasteiger partial charge in [-0.15, -0.1) is 0 Å². The summed E-state index contributed by atoms with van der Waals surface area (Å²) in [6, 6.07) is 0.571. The lowest BCUT2D eigenvalue weighted by Gasteiger charge is -2.22. The molecule has 0 saturated carbocycles. The van der Waals surface area contributed by atoms with Crippen LogP contribution >= 0.6 is 0 Å². The summed E-state index contributed by atoms with van der Waals surface area (Å²) in [6.07, 6.45) is 2.47. The van der Waals surface area contributed by atoms with Crippen LogP contribution in [0.1, 0.15) is 33.6 Å². The third-order valence-corrected chi connectivity index (χ3v) is 3.27. The lowest BCUT2D eigenvalue weighted by Crippen LogP contribution is -2.35. The minimum absolute atomic E-state index is 0.571. The maximum absolute atomic E-state index is 5.48. The van der Waals surface area contributed by atoms with Gasteiger partial charge in [0, 0.05) is 19.7 Å². The Balaban J connectivity index is 3.24. The zero-order valence-electron chi connectivity index (χ0n) is 12.5. The lowest BCUT2D eigenvalue weighted by atomic mass is 9.96. The number of hydrogen-bond acceptors (Lipinski definition) is 4. The van der Waals surface area contributed by atoms with Crippen molar-refractivity contribution in [1.82, 2.24) is 5.32 Å². The van der Waals surface area contributed by atoms with Gasteiger partial charge in [0.1, 0.15) is 0 Å². The van der Waals surface area contributed by atoms with Crippen molar-refractivity contribution >= 4 is 0 Å². The van der Waals surface area contributed by atoms with Crippen molar-refractivity contribution in [2.45, 2.75) is 39.7 Å². The molecule has 0 aliphatic heterocycles. The van der Waals surface area contributed by atoms with E-state index in [1.165, 1.54) is 12.8 Å². The quantitative estimate of drug-likeness (QED) is 0.515. The van der Waals surface area contributed by atoms with Crippen LogP contribution in [0.3, 0.4) is 0 Å². The molecule has 0 aliphatic carbocycles. The highest BCUT2D eigenvalue weighted by molar-refractivity contribution is 4.69. The van der Waals surface area contributed by atoms with E-state index in [1.54, 1.807) is 7.11 Å². The number of hydrogen-bond donors (Lipinski definition) is 1. The van der Waals surface area contributed by atoms with Gasteiger partial charge < -0.3 is 19.5 Å². The molecule has 0 aromatic heterocycles. The van der Waals surface area contributed by atoms with E-state index in [0.29, 0.717) is 32.5 Å². The predicted octanol–water partition coefficient (Wildman–Crippen LogP) is 2.08. The van der Waals surface area contributed by atoms with Crippen LogP contribution in [0.25, 0.3) is 0 Å². The summed E-state index contributed by atoms with van der Waals surface area (Å²) >= 11 is 0. The molecule has 1 unspecified atom stereocenters. The standard InChI is InChI=1S/C14H31NO3/c1-5-14(6-2)13(3)15-7-8-17-11-12-18-10-9-16-4/h13-15H,5-12H2,1-4H3. The van der Waals surface area contributed by atoms with Crippen LogP contribution in [0, 0.1) is 5.92 Å². The number of rotatable bonds is 13. The molecule has 18 heavy (non-hydrogen) atoms. The summed E-state index contributed by atoms with van der Waals surface area (Å²) in [7, 11) is 1.67. The molecule has 0 amide bonds. The van der Waals surface area contributed by atoms with E-state index < -0.39 is 0 Å². The van der Waals surface area contributed by atoms with Gasteiger partial charge in [0.05, 0.1) is 33.0 Å².